The van der Waals surface area contributed by atoms with E-state index in [2.05, 4.69) is 20.6 Å². The Morgan fingerprint density at radius 3 is 1.56 bits per heavy atom. The van der Waals surface area contributed by atoms with Gasteiger partial charge in [0.2, 0.25) is 0 Å². The second-order valence-electron chi connectivity index (χ2n) is 6.99. The molecule has 0 unspecified atom stereocenters. The van der Waals surface area contributed by atoms with Crippen LogP contribution in [0.2, 0.25) is 0 Å². The van der Waals surface area contributed by atoms with Gasteiger partial charge in [-0.15, -0.1) is 0 Å². The lowest BCUT2D eigenvalue weighted by molar-refractivity contribution is 0.0511. The Morgan fingerprint density at radius 1 is 0.719 bits per heavy atom. The molecule has 4 aromatic rings. The minimum atomic E-state index is -0.429. The molecular formula is C23H22N4O5. The largest absolute Gasteiger partial charge is 0.461 e. The monoisotopic (exact) mass is 434 g/mol. The van der Waals surface area contributed by atoms with Crippen molar-refractivity contribution in [1.82, 2.24) is 9.97 Å². The van der Waals surface area contributed by atoms with Crippen molar-refractivity contribution in [3.63, 3.8) is 0 Å². The number of urea groups is 1. The van der Waals surface area contributed by atoms with Crippen molar-refractivity contribution in [3.05, 3.63) is 59.9 Å². The van der Waals surface area contributed by atoms with Crippen molar-refractivity contribution in [2.24, 2.45) is 0 Å². The molecule has 9 heteroatoms. The third-order valence-corrected chi connectivity index (χ3v) is 4.75. The summed E-state index contributed by atoms with van der Waals surface area (Å²) in [6.07, 6.45) is 0. The van der Waals surface area contributed by atoms with Crippen molar-refractivity contribution < 1.29 is 23.9 Å². The summed E-state index contributed by atoms with van der Waals surface area (Å²) in [5, 5.41) is 7.08. The molecule has 32 heavy (non-hydrogen) atoms. The number of fused-ring (bicyclic) bond motifs is 2. The number of hydrogen-bond acceptors (Lipinski definition) is 5. The van der Waals surface area contributed by atoms with E-state index in [1.54, 1.807) is 62.4 Å². The number of aromatic amines is 2. The second-order valence-corrected chi connectivity index (χ2v) is 6.99. The molecule has 4 N–H and O–H groups in total. The molecule has 4 rings (SSSR count). The average molecular weight is 434 g/mol. The van der Waals surface area contributed by atoms with Gasteiger partial charge in [-0.25, -0.2) is 14.4 Å². The zero-order valence-corrected chi connectivity index (χ0v) is 17.6. The highest BCUT2D eigenvalue weighted by Gasteiger charge is 2.13. The number of nitrogens with one attached hydrogen (secondary N) is 4. The molecule has 0 saturated carbocycles. The van der Waals surface area contributed by atoms with Gasteiger partial charge in [0.25, 0.3) is 0 Å². The molecule has 9 nitrogen and oxygen atoms in total. The fourth-order valence-corrected chi connectivity index (χ4v) is 3.35. The highest BCUT2D eigenvalue weighted by Crippen LogP contribution is 2.23. The molecule has 2 heterocycles. The number of benzene rings is 2. The van der Waals surface area contributed by atoms with E-state index in [1.807, 2.05) is 0 Å². The van der Waals surface area contributed by atoms with E-state index < -0.39 is 18.0 Å². The molecule has 0 fully saturated rings. The Bertz CT molecular complexity index is 1220. The SMILES string of the molecule is CCOC(=O)c1cc2cc(NC(=O)Nc3ccc4[nH]c(C(=O)OCC)cc4c3)ccc2[nH]1. The van der Waals surface area contributed by atoms with Crippen LogP contribution in [0, 0.1) is 0 Å². The van der Waals surface area contributed by atoms with Gasteiger partial charge in [-0.05, 0) is 62.4 Å². The average Bonchev–Trinajstić information content (AvgIpc) is 3.37. The zero-order valence-electron chi connectivity index (χ0n) is 17.6. The highest BCUT2D eigenvalue weighted by molar-refractivity contribution is 6.03. The van der Waals surface area contributed by atoms with Gasteiger partial charge in [0.05, 0.1) is 13.2 Å². The summed E-state index contributed by atoms with van der Waals surface area (Å²) < 4.78 is 10.00. The van der Waals surface area contributed by atoms with Crippen LogP contribution in [0.3, 0.4) is 0 Å². The number of H-pyrrole nitrogens is 2. The van der Waals surface area contributed by atoms with Crippen molar-refractivity contribution in [3.8, 4) is 0 Å². The summed E-state index contributed by atoms with van der Waals surface area (Å²) in [6.45, 7) is 4.07. The van der Waals surface area contributed by atoms with Crippen molar-refractivity contribution >= 4 is 51.2 Å². The van der Waals surface area contributed by atoms with Crippen molar-refractivity contribution in [1.29, 1.82) is 0 Å². The smallest absolute Gasteiger partial charge is 0.354 e. The quantitative estimate of drug-likeness (QED) is 0.329. The Labute approximate surface area is 183 Å². The zero-order chi connectivity index (χ0) is 22.7. The predicted molar refractivity (Wildman–Crippen MR) is 121 cm³/mol. The summed E-state index contributed by atoms with van der Waals surface area (Å²) in [7, 11) is 0. The Hall–Kier alpha value is -4.27. The topological polar surface area (TPSA) is 125 Å². The summed E-state index contributed by atoms with van der Waals surface area (Å²) in [5.74, 6) is -0.857. The van der Waals surface area contributed by atoms with Gasteiger partial charge in [-0.2, -0.15) is 0 Å². The summed E-state index contributed by atoms with van der Waals surface area (Å²) >= 11 is 0. The number of rotatable bonds is 6. The summed E-state index contributed by atoms with van der Waals surface area (Å²) in [5.41, 5.74) is 3.35. The molecule has 0 aliphatic heterocycles. The Morgan fingerprint density at radius 2 is 1.16 bits per heavy atom. The maximum atomic E-state index is 12.5. The Kier molecular flexibility index (Phi) is 5.80. The molecule has 2 aromatic carbocycles. The summed E-state index contributed by atoms with van der Waals surface area (Å²) in [6, 6.07) is 13.5. The highest BCUT2D eigenvalue weighted by atomic mass is 16.5. The first-order chi connectivity index (χ1) is 15.5. The number of esters is 2. The van der Waals surface area contributed by atoms with E-state index >= 15 is 0 Å². The van der Waals surface area contributed by atoms with Crippen molar-refractivity contribution in [2.45, 2.75) is 13.8 Å². The third-order valence-electron chi connectivity index (χ3n) is 4.75. The lowest BCUT2D eigenvalue weighted by Crippen LogP contribution is -2.19. The van der Waals surface area contributed by atoms with E-state index in [-0.39, 0.29) is 0 Å². The fourth-order valence-electron chi connectivity index (χ4n) is 3.35. The van der Waals surface area contributed by atoms with Crippen LogP contribution >= 0.6 is 0 Å². The molecule has 2 amide bonds. The standard InChI is InChI=1S/C23H22N4O5/c1-3-31-21(28)19-11-13-9-15(5-7-17(13)26-19)24-23(30)25-16-6-8-18-14(10-16)12-20(27-18)22(29)32-4-2/h5-12,26-27H,3-4H2,1-2H3,(H2,24,25,30). The molecule has 164 valence electrons. The first-order valence-electron chi connectivity index (χ1n) is 10.1. The number of ether oxygens (including phenoxy) is 2. The molecule has 0 atom stereocenters. The molecule has 2 aromatic heterocycles. The first kappa shape index (κ1) is 21.0. The molecule has 0 aliphatic rings. The van der Waals surface area contributed by atoms with Crippen LogP contribution in [0.1, 0.15) is 34.8 Å². The van der Waals surface area contributed by atoms with Gasteiger partial charge in [-0.1, -0.05) is 0 Å². The number of carbonyl (C=O) groups excluding carboxylic acids is 3. The maximum Gasteiger partial charge on any atom is 0.354 e. The number of hydrogen-bond donors (Lipinski definition) is 4. The molecule has 0 spiro atoms. The van der Waals surface area contributed by atoms with Gasteiger partial charge < -0.3 is 30.1 Å². The Balaban J connectivity index is 1.45. The van der Waals surface area contributed by atoms with E-state index in [0.29, 0.717) is 36.0 Å². The van der Waals surface area contributed by atoms with E-state index in [9.17, 15) is 14.4 Å². The molecule has 0 bridgehead atoms. The normalized spacial score (nSPS) is 10.8. The lowest BCUT2D eigenvalue weighted by Gasteiger charge is -2.08. The number of aromatic nitrogens is 2. The van der Waals surface area contributed by atoms with Gasteiger partial charge in [-0.3, -0.25) is 0 Å². The molecular weight excluding hydrogens is 412 g/mol. The predicted octanol–water partition coefficient (Wildman–Crippen LogP) is 4.65. The van der Waals surface area contributed by atoms with E-state index in [1.165, 1.54) is 0 Å². The fraction of sp³-hybridized carbons (Fsp3) is 0.174. The lowest BCUT2D eigenvalue weighted by atomic mass is 10.2. The van der Waals surface area contributed by atoms with Crippen LogP contribution in [0.4, 0.5) is 16.2 Å². The van der Waals surface area contributed by atoms with E-state index in [0.717, 1.165) is 21.8 Å². The third kappa shape index (κ3) is 4.41. The second kappa shape index (κ2) is 8.84. The minimum absolute atomic E-state index is 0.292. The first-order valence-corrected chi connectivity index (χ1v) is 10.1. The molecule has 0 saturated heterocycles. The van der Waals surface area contributed by atoms with Crippen LogP contribution in [0.25, 0.3) is 21.8 Å². The van der Waals surface area contributed by atoms with Gasteiger partial charge >= 0.3 is 18.0 Å². The van der Waals surface area contributed by atoms with Gasteiger partial charge in [0, 0.05) is 33.2 Å². The van der Waals surface area contributed by atoms with Crippen LogP contribution in [0.15, 0.2) is 48.5 Å². The number of anilines is 2. The van der Waals surface area contributed by atoms with Crippen LogP contribution in [-0.2, 0) is 9.47 Å². The van der Waals surface area contributed by atoms with E-state index in [4.69, 9.17) is 9.47 Å². The summed E-state index contributed by atoms with van der Waals surface area (Å²) in [4.78, 5) is 42.2. The van der Waals surface area contributed by atoms with Crippen LogP contribution in [0.5, 0.6) is 0 Å². The number of carbonyl (C=O) groups is 3. The molecule has 0 aliphatic carbocycles. The van der Waals surface area contributed by atoms with Gasteiger partial charge in [0.1, 0.15) is 11.4 Å². The number of amides is 2. The van der Waals surface area contributed by atoms with Gasteiger partial charge in [0.15, 0.2) is 0 Å². The van der Waals surface area contributed by atoms with Crippen molar-refractivity contribution in [2.75, 3.05) is 23.8 Å². The minimum Gasteiger partial charge on any atom is -0.461 e. The molecule has 0 radical (unpaired) electrons. The van der Waals surface area contributed by atoms with Crippen LogP contribution < -0.4 is 10.6 Å². The van der Waals surface area contributed by atoms with Crippen LogP contribution in [-0.4, -0.2) is 41.2 Å². The maximum absolute atomic E-state index is 12.5.